The Morgan fingerprint density at radius 3 is 2.44 bits per heavy atom. The Balaban J connectivity index is 0.00000364. The molecule has 2 atom stereocenters. The van der Waals surface area contributed by atoms with E-state index in [4.69, 9.17) is 10.8 Å². The number of carbonyl (C=O) groups is 3. The first-order chi connectivity index (χ1) is 11.8. The second-order valence-electron chi connectivity index (χ2n) is 6.35. The molecule has 1 aliphatic rings. The average Bonchev–Trinajstić information content (AvgIpc) is 2.79. The van der Waals surface area contributed by atoms with Gasteiger partial charge in [0.2, 0.25) is 11.8 Å². The number of aliphatic carboxylic acids is 1. The molecule has 2 rings (SSSR count). The Labute approximate surface area is 163 Å². The third-order valence-electron chi connectivity index (χ3n) is 4.00. The number of nitrogens with two attached hydrogens (primary N) is 1. The number of alkyl halides is 3. The van der Waals surface area contributed by atoms with Gasteiger partial charge in [0.25, 0.3) is 0 Å². The first-order valence-electron chi connectivity index (χ1n) is 7.55. The molecule has 0 aliphatic carbocycles. The standard InChI is InChI=1S/C16H17F3N2O4S.ClH/c1-15(2,12(20)14(24)25)26-10-7-11(22)21(13(10)23)9-5-3-4-8(6-9)16(17,18)19;/h3-6,10,12H,7,20H2,1-2H3,(H,24,25);1H. The number of anilines is 1. The van der Waals surface area contributed by atoms with Crippen molar-refractivity contribution in [2.45, 2.75) is 42.5 Å². The quantitative estimate of drug-likeness (QED) is 0.702. The van der Waals surface area contributed by atoms with Crippen LogP contribution in [-0.2, 0) is 20.6 Å². The molecule has 0 bridgehead atoms. The summed E-state index contributed by atoms with van der Waals surface area (Å²) in [5.74, 6) is -2.59. The Morgan fingerprint density at radius 1 is 1.33 bits per heavy atom. The second-order valence-corrected chi connectivity index (χ2v) is 8.20. The molecule has 6 nitrogen and oxygen atoms in total. The molecule has 11 heteroatoms. The first-order valence-corrected chi connectivity index (χ1v) is 8.43. The minimum atomic E-state index is -4.60. The van der Waals surface area contributed by atoms with Crippen molar-refractivity contribution in [2.24, 2.45) is 5.73 Å². The molecule has 1 fully saturated rings. The van der Waals surface area contributed by atoms with E-state index < -0.39 is 45.6 Å². The zero-order chi connectivity index (χ0) is 19.9. The van der Waals surface area contributed by atoms with Crippen molar-refractivity contribution < 1.29 is 32.7 Å². The van der Waals surface area contributed by atoms with Gasteiger partial charge in [-0.1, -0.05) is 6.07 Å². The summed E-state index contributed by atoms with van der Waals surface area (Å²) in [7, 11) is 0. The number of amides is 2. The smallest absolute Gasteiger partial charge is 0.416 e. The number of carbonyl (C=O) groups excluding carboxylic acids is 2. The van der Waals surface area contributed by atoms with Crippen LogP contribution in [0.1, 0.15) is 25.8 Å². The summed E-state index contributed by atoms with van der Waals surface area (Å²) >= 11 is 0.926. The van der Waals surface area contributed by atoms with Crippen LogP contribution in [0.15, 0.2) is 24.3 Å². The van der Waals surface area contributed by atoms with E-state index in [1.165, 1.54) is 19.9 Å². The Kier molecular flexibility index (Phi) is 6.95. The third kappa shape index (κ3) is 4.94. The summed E-state index contributed by atoms with van der Waals surface area (Å²) in [5.41, 5.74) is 4.47. The fourth-order valence-electron chi connectivity index (χ4n) is 2.53. The van der Waals surface area contributed by atoms with Gasteiger partial charge in [-0.15, -0.1) is 24.2 Å². The maximum Gasteiger partial charge on any atom is 0.416 e. The van der Waals surface area contributed by atoms with Crippen LogP contribution in [0, 0.1) is 0 Å². The van der Waals surface area contributed by atoms with Crippen molar-refractivity contribution >= 4 is 47.6 Å². The number of imide groups is 1. The summed E-state index contributed by atoms with van der Waals surface area (Å²) in [4.78, 5) is 36.6. The van der Waals surface area contributed by atoms with Crippen molar-refractivity contribution in [3.05, 3.63) is 29.8 Å². The lowest BCUT2D eigenvalue weighted by atomic mass is 10.1. The van der Waals surface area contributed by atoms with Crippen LogP contribution >= 0.6 is 24.2 Å². The molecule has 1 aromatic rings. The highest BCUT2D eigenvalue weighted by molar-refractivity contribution is 8.02. The number of rotatable bonds is 5. The van der Waals surface area contributed by atoms with E-state index in [9.17, 15) is 27.6 Å². The molecule has 150 valence electrons. The van der Waals surface area contributed by atoms with E-state index in [1.54, 1.807) is 0 Å². The molecule has 1 heterocycles. The zero-order valence-corrected chi connectivity index (χ0v) is 16.0. The molecule has 0 aromatic heterocycles. The minimum absolute atomic E-state index is 0. The summed E-state index contributed by atoms with van der Waals surface area (Å²) in [6.45, 7) is 3.06. The number of halogens is 4. The van der Waals surface area contributed by atoms with Gasteiger partial charge in [-0.2, -0.15) is 13.2 Å². The maximum atomic E-state index is 12.9. The number of thioether (sulfide) groups is 1. The van der Waals surface area contributed by atoms with Gasteiger partial charge in [-0.3, -0.25) is 14.4 Å². The van der Waals surface area contributed by atoms with Crippen molar-refractivity contribution in [1.29, 1.82) is 0 Å². The molecule has 0 radical (unpaired) electrons. The van der Waals surface area contributed by atoms with Crippen LogP contribution in [0.3, 0.4) is 0 Å². The largest absolute Gasteiger partial charge is 0.480 e. The average molecular weight is 427 g/mol. The molecule has 27 heavy (non-hydrogen) atoms. The molecule has 2 amide bonds. The topological polar surface area (TPSA) is 101 Å². The Bertz CT molecular complexity index is 757. The minimum Gasteiger partial charge on any atom is -0.480 e. The van der Waals surface area contributed by atoms with E-state index >= 15 is 0 Å². The Hall–Kier alpha value is -1.78. The number of benzene rings is 1. The van der Waals surface area contributed by atoms with Gasteiger partial charge < -0.3 is 10.8 Å². The first kappa shape index (κ1) is 23.3. The third-order valence-corrected chi connectivity index (χ3v) is 5.51. The number of carboxylic acid groups (broad SMARTS) is 1. The molecular formula is C16H18ClF3N2O4S. The molecule has 1 aliphatic heterocycles. The van der Waals surface area contributed by atoms with Crippen LogP contribution < -0.4 is 10.6 Å². The van der Waals surface area contributed by atoms with Gasteiger partial charge >= 0.3 is 12.1 Å². The van der Waals surface area contributed by atoms with Crippen molar-refractivity contribution in [1.82, 2.24) is 0 Å². The van der Waals surface area contributed by atoms with Gasteiger partial charge in [0, 0.05) is 11.2 Å². The lowest BCUT2D eigenvalue weighted by Crippen LogP contribution is -2.48. The molecule has 3 N–H and O–H groups in total. The van der Waals surface area contributed by atoms with E-state index in [-0.39, 0.29) is 24.5 Å². The summed E-state index contributed by atoms with van der Waals surface area (Å²) in [6.07, 6.45) is -4.85. The lowest BCUT2D eigenvalue weighted by molar-refractivity contribution is -0.139. The highest BCUT2D eigenvalue weighted by Crippen LogP contribution is 2.39. The van der Waals surface area contributed by atoms with Crippen molar-refractivity contribution in [3.63, 3.8) is 0 Å². The van der Waals surface area contributed by atoms with Gasteiger partial charge in [-0.25, -0.2) is 4.90 Å². The van der Waals surface area contributed by atoms with E-state index in [0.29, 0.717) is 4.90 Å². The van der Waals surface area contributed by atoms with Crippen LogP contribution in [0.5, 0.6) is 0 Å². The van der Waals surface area contributed by atoms with E-state index in [2.05, 4.69) is 0 Å². The van der Waals surface area contributed by atoms with Gasteiger partial charge in [0.05, 0.1) is 16.5 Å². The van der Waals surface area contributed by atoms with Crippen molar-refractivity contribution in [3.8, 4) is 0 Å². The summed E-state index contributed by atoms with van der Waals surface area (Å²) < 4.78 is 37.5. The molecule has 1 saturated heterocycles. The SMILES string of the molecule is CC(C)(SC1CC(=O)N(c2cccc(C(F)(F)F)c2)C1=O)C(N)C(=O)O.Cl. The molecular weight excluding hydrogens is 409 g/mol. The monoisotopic (exact) mass is 426 g/mol. The Morgan fingerprint density at radius 2 is 1.93 bits per heavy atom. The number of hydrogen-bond donors (Lipinski definition) is 2. The van der Waals surface area contributed by atoms with Crippen LogP contribution in [-0.4, -0.2) is 38.9 Å². The predicted octanol–water partition coefficient (Wildman–Crippen LogP) is 2.68. The zero-order valence-electron chi connectivity index (χ0n) is 14.3. The van der Waals surface area contributed by atoms with Crippen molar-refractivity contribution in [2.75, 3.05) is 4.90 Å². The molecule has 0 spiro atoms. The number of hydrogen-bond acceptors (Lipinski definition) is 5. The second kappa shape index (κ2) is 8.07. The van der Waals surface area contributed by atoms with E-state index in [0.717, 1.165) is 30.0 Å². The summed E-state index contributed by atoms with van der Waals surface area (Å²) in [5, 5.41) is 8.12. The molecule has 1 aromatic carbocycles. The lowest BCUT2D eigenvalue weighted by Gasteiger charge is -2.30. The fourth-order valence-corrected chi connectivity index (χ4v) is 3.94. The van der Waals surface area contributed by atoms with Gasteiger partial charge in [0.1, 0.15) is 6.04 Å². The van der Waals surface area contributed by atoms with Crippen LogP contribution in [0.2, 0.25) is 0 Å². The van der Waals surface area contributed by atoms with Gasteiger partial charge in [0.15, 0.2) is 0 Å². The number of carboxylic acids is 1. The number of nitrogens with zero attached hydrogens (tertiary/aromatic N) is 1. The fraction of sp³-hybridized carbons (Fsp3) is 0.438. The van der Waals surface area contributed by atoms with Gasteiger partial charge in [-0.05, 0) is 32.0 Å². The predicted molar refractivity (Wildman–Crippen MR) is 96.9 cm³/mol. The van der Waals surface area contributed by atoms with Crippen LogP contribution in [0.25, 0.3) is 0 Å². The molecule has 2 unspecified atom stereocenters. The van der Waals surface area contributed by atoms with Crippen LogP contribution in [0.4, 0.5) is 18.9 Å². The molecule has 0 saturated carbocycles. The maximum absolute atomic E-state index is 12.9. The van der Waals surface area contributed by atoms with E-state index in [1.807, 2.05) is 0 Å². The normalized spacial score (nSPS) is 19.0. The highest BCUT2D eigenvalue weighted by Gasteiger charge is 2.45. The highest BCUT2D eigenvalue weighted by atomic mass is 35.5. The summed E-state index contributed by atoms with van der Waals surface area (Å²) in [6, 6.07) is 2.65.